The minimum atomic E-state index is -0.112. The van der Waals surface area contributed by atoms with Crippen molar-refractivity contribution in [3.05, 3.63) is 35.9 Å². The predicted octanol–water partition coefficient (Wildman–Crippen LogP) is 1.04. The van der Waals surface area contributed by atoms with Gasteiger partial charge in [0.05, 0.1) is 6.54 Å². The van der Waals surface area contributed by atoms with Crippen molar-refractivity contribution in [2.75, 3.05) is 13.1 Å². The van der Waals surface area contributed by atoms with E-state index < -0.39 is 0 Å². The molecule has 0 aliphatic carbocycles. The van der Waals surface area contributed by atoms with Crippen LogP contribution < -0.4 is 11.1 Å². The molecular formula is C12H18N2O. The van der Waals surface area contributed by atoms with Gasteiger partial charge in [-0.15, -0.1) is 0 Å². The predicted molar refractivity (Wildman–Crippen MR) is 61.5 cm³/mol. The Morgan fingerprint density at radius 2 is 1.93 bits per heavy atom. The molecule has 0 aliphatic heterocycles. The number of hydrogen-bond acceptors (Lipinski definition) is 2. The Hall–Kier alpha value is -1.35. The van der Waals surface area contributed by atoms with E-state index in [1.807, 2.05) is 18.2 Å². The Kier molecular flexibility index (Phi) is 3.86. The summed E-state index contributed by atoms with van der Waals surface area (Å²) in [7, 11) is 0. The van der Waals surface area contributed by atoms with Crippen molar-refractivity contribution < 1.29 is 4.79 Å². The maximum absolute atomic E-state index is 11.1. The van der Waals surface area contributed by atoms with Gasteiger partial charge in [-0.1, -0.05) is 44.2 Å². The number of carbonyl (C=O) groups excluding carboxylic acids is 1. The van der Waals surface area contributed by atoms with Crippen molar-refractivity contribution in [2.24, 2.45) is 5.73 Å². The maximum atomic E-state index is 11.1. The Bertz CT molecular complexity index is 320. The van der Waals surface area contributed by atoms with Crippen LogP contribution >= 0.6 is 0 Å². The number of hydrogen-bond donors (Lipinski definition) is 2. The van der Waals surface area contributed by atoms with E-state index in [-0.39, 0.29) is 17.9 Å². The lowest BCUT2D eigenvalue weighted by molar-refractivity contribution is -0.119. The molecule has 15 heavy (non-hydrogen) atoms. The normalized spacial score (nSPS) is 11.1. The molecule has 0 unspecified atom stereocenters. The summed E-state index contributed by atoms with van der Waals surface area (Å²) in [4.78, 5) is 11.1. The Morgan fingerprint density at radius 1 is 1.33 bits per heavy atom. The van der Waals surface area contributed by atoms with Gasteiger partial charge in [0.15, 0.2) is 0 Å². The molecule has 0 saturated heterocycles. The zero-order valence-electron chi connectivity index (χ0n) is 9.29. The molecule has 1 amide bonds. The number of amides is 1. The van der Waals surface area contributed by atoms with E-state index in [2.05, 4.69) is 31.3 Å². The van der Waals surface area contributed by atoms with Crippen molar-refractivity contribution in [1.82, 2.24) is 5.32 Å². The van der Waals surface area contributed by atoms with Gasteiger partial charge in [-0.2, -0.15) is 0 Å². The van der Waals surface area contributed by atoms with E-state index in [9.17, 15) is 4.79 Å². The van der Waals surface area contributed by atoms with Crippen LogP contribution in [0, 0.1) is 0 Å². The van der Waals surface area contributed by atoms with Crippen LogP contribution in [0.4, 0.5) is 0 Å². The van der Waals surface area contributed by atoms with Crippen LogP contribution in [0.5, 0.6) is 0 Å². The van der Waals surface area contributed by atoms with Crippen LogP contribution in [-0.4, -0.2) is 19.0 Å². The highest BCUT2D eigenvalue weighted by Gasteiger charge is 2.20. The van der Waals surface area contributed by atoms with Gasteiger partial charge in [-0.25, -0.2) is 0 Å². The fourth-order valence-electron chi connectivity index (χ4n) is 1.38. The minimum absolute atomic E-state index is 0.0465. The number of benzene rings is 1. The van der Waals surface area contributed by atoms with E-state index >= 15 is 0 Å². The summed E-state index contributed by atoms with van der Waals surface area (Å²) in [6.45, 7) is 4.84. The van der Waals surface area contributed by atoms with Gasteiger partial charge >= 0.3 is 0 Å². The quantitative estimate of drug-likeness (QED) is 0.773. The van der Waals surface area contributed by atoms with E-state index in [1.54, 1.807) is 0 Å². The third-order valence-corrected chi connectivity index (χ3v) is 2.47. The topological polar surface area (TPSA) is 55.1 Å². The summed E-state index contributed by atoms with van der Waals surface area (Å²) in [6, 6.07) is 10.1. The average Bonchev–Trinajstić information content (AvgIpc) is 2.27. The number of carbonyl (C=O) groups is 1. The van der Waals surface area contributed by atoms with E-state index in [4.69, 9.17) is 5.73 Å². The van der Waals surface area contributed by atoms with Gasteiger partial charge in [0.2, 0.25) is 5.91 Å². The molecule has 0 fully saturated rings. The molecule has 1 aromatic carbocycles. The van der Waals surface area contributed by atoms with E-state index in [0.717, 1.165) is 0 Å². The van der Waals surface area contributed by atoms with Crippen LogP contribution in [0.25, 0.3) is 0 Å². The molecule has 0 spiro atoms. The van der Waals surface area contributed by atoms with Crippen LogP contribution in [0.3, 0.4) is 0 Å². The molecule has 3 heteroatoms. The summed E-state index contributed by atoms with van der Waals surface area (Å²) < 4.78 is 0. The molecule has 1 aromatic rings. The molecule has 0 heterocycles. The standard InChI is InChI=1S/C12H18N2O/c1-12(2,9-14-11(15)8-13)10-6-4-3-5-7-10/h3-7H,8-9,13H2,1-2H3,(H,14,15). The first-order chi connectivity index (χ1) is 7.06. The fraction of sp³-hybridized carbons (Fsp3) is 0.417. The molecular weight excluding hydrogens is 188 g/mol. The van der Waals surface area contributed by atoms with Gasteiger partial charge in [0.25, 0.3) is 0 Å². The lowest BCUT2D eigenvalue weighted by Gasteiger charge is -2.25. The number of nitrogens with one attached hydrogen (secondary N) is 1. The first kappa shape index (κ1) is 11.7. The lowest BCUT2D eigenvalue weighted by Crippen LogP contribution is -2.39. The van der Waals surface area contributed by atoms with Crippen LogP contribution in [0.1, 0.15) is 19.4 Å². The second-order valence-corrected chi connectivity index (χ2v) is 4.23. The van der Waals surface area contributed by atoms with Gasteiger partial charge in [0, 0.05) is 12.0 Å². The van der Waals surface area contributed by atoms with Crippen LogP contribution in [0.2, 0.25) is 0 Å². The summed E-state index contributed by atoms with van der Waals surface area (Å²) in [5.41, 5.74) is 6.38. The monoisotopic (exact) mass is 206 g/mol. The zero-order chi connectivity index (χ0) is 11.3. The zero-order valence-corrected chi connectivity index (χ0v) is 9.29. The van der Waals surface area contributed by atoms with E-state index in [0.29, 0.717) is 6.54 Å². The van der Waals surface area contributed by atoms with Gasteiger partial charge in [-0.3, -0.25) is 4.79 Å². The summed E-state index contributed by atoms with van der Waals surface area (Å²) in [5.74, 6) is -0.112. The third-order valence-electron chi connectivity index (χ3n) is 2.47. The Morgan fingerprint density at radius 3 is 2.47 bits per heavy atom. The molecule has 3 nitrogen and oxygen atoms in total. The molecule has 3 N–H and O–H groups in total. The maximum Gasteiger partial charge on any atom is 0.233 e. The van der Waals surface area contributed by atoms with Crippen molar-refractivity contribution in [2.45, 2.75) is 19.3 Å². The highest BCUT2D eigenvalue weighted by Crippen LogP contribution is 2.21. The molecule has 0 aliphatic rings. The molecule has 0 atom stereocenters. The number of rotatable bonds is 4. The van der Waals surface area contributed by atoms with Crippen molar-refractivity contribution in [1.29, 1.82) is 0 Å². The smallest absolute Gasteiger partial charge is 0.233 e. The first-order valence-corrected chi connectivity index (χ1v) is 5.08. The lowest BCUT2D eigenvalue weighted by atomic mass is 9.84. The SMILES string of the molecule is CC(C)(CNC(=O)CN)c1ccccc1. The molecule has 82 valence electrons. The minimum Gasteiger partial charge on any atom is -0.354 e. The molecule has 1 rings (SSSR count). The van der Waals surface area contributed by atoms with Crippen molar-refractivity contribution in [3.63, 3.8) is 0 Å². The van der Waals surface area contributed by atoms with Crippen LogP contribution in [-0.2, 0) is 10.2 Å². The second kappa shape index (κ2) is 4.94. The molecule has 0 saturated carbocycles. The van der Waals surface area contributed by atoms with Crippen molar-refractivity contribution in [3.8, 4) is 0 Å². The van der Waals surface area contributed by atoms with Crippen molar-refractivity contribution >= 4 is 5.91 Å². The molecule has 0 aromatic heterocycles. The van der Waals surface area contributed by atoms with Crippen LogP contribution in [0.15, 0.2) is 30.3 Å². The average molecular weight is 206 g/mol. The fourth-order valence-corrected chi connectivity index (χ4v) is 1.38. The summed E-state index contributed by atoms with van der Waals surface area (Å²) >= 11 is 0. The van der Waals surface area contributed by atoms with Gasteiger partial charge < -0.3 is 11.1 Å². The summed E-state index contributed by atoms with van der Waals surface area (Å²) in [6.07, 6.45) is 0. The molecule has 0 radical (unpaired) electrons. The number of nitrogens with two attached hydrogens (primary N) is 1. The van der Waals surface area contributed by atoms with Gasteiger partial charge in [0.1, 0.15) is 0 Å². The molecule has 0 bridgehead atoms. The highest BCUT2D eigenvalue weighted by atomic mass is 16.1. The largest absolute Gasteiger partial charge is 0.354 e. The van der Waals surface area contributed by atoms with Gasteiger partial charge in [-0.05, 0) is 5.56 Å². The second-order valence-electron chi connectivity index (χ2n) is 4.23. The Balaban J connectivity index is 2.63. The Labute approximate surface area is 90.7 Å². The summed E-state index contributed by atoms with van der Waals surface area (Å²) in [5, 5.41) is 2.81. The first-order valence-electron chi connectivity index (χ1n) is 5.08. The van der Waals surface area contributed by atoms with E-state index in [1.165, 1.54) is 5.56 Å². The third kappa shape index (κ3) is 3.36. The highest BCUT2D eigenvalue weighted by molar-refractivity contribution is 5.77.